The minimum Gasteiger partial charge on any atom is -0.347 e. The predicted octanol–water partition coefficient (Wildman–Crippen LogP) is 4.49. The van der Waals surface area contributed by atoms with Crippen molar-refractivity contribution in [2.24, 2.45) is 5.92 Å². The van der Waals surface area contributed by atoms with Gasteiger partial charge in [0.15, 0.2) is 0 Å². The van der Waals surface area contributed by atoms with Crippen molar-refractivity contribution < 1.29 is 4.79 Å². The molecule has 3 aromatic rings. The summed E-state index contributed by atoms with van der Waals surface area (Å²) in [6.45, 7) is 0.943. The summed E-state index contributed by atoms with van der Waals surface area (Å²) < 4.78 is 0. The van der Waals surface area contributed by atoms with E-state index in [0.29, 0.717) is 31.4 Å². The molecular weight excluding hydrogens is 398 g/mol. The summed E-state index contributed by atoms with van der Waals surface area (Å²) in [7, 11) is 3.83. The van der Waals surface area contributed by atoms with Crippen molar-refractivity contribution >= 4 is 11.9 Å². The molecule has 1 aromatic carbocycles. The van der Waals surface area contributed by atoms with Crippen LogP contribution in [0, 0.1) is 5.92 Å². The van der Waals surface area contributed by atoms with Gasteiger partial charge in [-0.05, 0) is 36.5 Å². The standard InChI is InChI=1S/C26H29N5O/c1-30(2)26-28-17-22(23-14-8-9-15-27-23)24(29-26)19-31(18-21-12-4-3-5-13-21)25(32)16-20-10-6-7-11-20/h3-6,8-10,12-15,17,20H,7,11,16,18-19H2,1-2H3. The fraction of sp³-hybridized carbons (Fsp3) is 0.308. The van der Waals surface area contributed by atoms with Crippen LogP contribution in [0.3, 0.4) is 0 Å². The van der Waals surface area contributed by atoms with Crippen LogP contribution in [0.2, 0.25) is 0 Å². The summed E-state index contributed by atoms with van der Waals surface area (Å²) in [5.41, 5.74) is 3.55. The van der Waals surface area contributed by atoms with Gasteiger partial charge < -0.3 is 9.80 Å². The monoisotopic (exact) mass is 427 g/mol. The first-order valence-electron chi connectivity index (χ1n) is 11.0. The SMILES string of the molecule is CN(C)c1ncc(-c2ccccn2)c(CN(Cc2ccccc2)C(=O)CC2C=CCC2)n1. The normalized spacial score (nSPS) is 15.0. The molecule has 6 nitrogen and oxygen atoms in total. The molecule has 0 spiro atoms. The number of carbonyl (C=O) groups excluding carboxylic acids is 1. The molecule has 0 aliphatic heterocycles. The van der Waals surface area contributed by atoms with Crippen molar-refractivity contribution in [3.05, 3.63) is 84.3 Å². The number of hydrogen-bond donors (Lipinski definition) is 0. The molecule has 0 saturated carbocycles. The molecule has 1 amide bonds. The van der Waals surface area contributed by atoms with E-state index in [2.05, 4.69) is 34.3 Å². The average Bonchev–Trinajstić information content (AvgIpc) is 3.33. The van der Waals surface area contributed by atoms with Gasteiger partial charge >= 0.3 is 0 Å². The van der Waals surface area contributed by atoms with Gasteiger partial charge in [0.05, 0.1) is 17.9 Å². The predicted molar refractivity (Wildman–Crippen MR) is 127 cm³/mol. The molecule has 6 heteroatoms. The van der Waals surface area contributed by atoms with Crippen LogP contribution in [0.15, 0.2) is 73.1 Å². The van der Waals surface area contributed by atoms with Crippen molar-refractivity contribution in [1.82, 2.24) is 19.9 Å². The highest BCUT2D eigenvalue weighted by atomic mass is 16.2. The minimum absolute atomic E-state index is 0.141. The number of benzene rings is 1. The number of nitrogens with zero attached hydrogens (tertiary/aromatic N) is 5. The topological polar surface area (TPSA) is 62.2 Å². The second kappa shape index (κ2) is 10.2. The summed E-state index contributed by atoms with van der Waals surface area (Å²) in [6, 6.07) is 15.9. The van der Waals surface area contributed by atoms with Crippen molar-refractivity contribution in [3.8, 4) is 11.3 Å². The maximum atomic E-state index is 13.4. The fourth-order valence-corrected chi connectivity index (χ4v) is 3.91. The second-order valence-corrected chi connectivity index (χ2v) is 8.34. The van der Waals surface area contributed by atoms with Crippen LogP contribution in [0.5, 0.6) is 0 Å². The molecule has 0 fully saturated rings. The Labute approximate surface area is 189 Å². The van der Waals surface area contributed by atoms with E-state index in [9.17, 15) is 4.79 Å². The zero-order chi connectivity index (χ0) is 22.3. The highest BCUT2D eigenvalue weighted by Crippen LogP contribution is 2.26. The maximum absolute atomic E-state index is 13.4. The molecule has 2 aromatic heterocycles. The van der Waals surface area contributed by atoms with Crippen LogP contribution in [0.25, 0.3) is 11.3 Å². The third-order valence-electron chi connectivity index (χ3n) is 5.65. The number of hydrogen-bond acceptors (Lipinski definition) is 5. The van der Waals surface area contributed by atoms with Crippen molar-refractivity contribution in [2.45, 2.75) is 32.4 Å². The highest BCUT2D eigenvalue weighted by Gasteiger charge is 2.22. The zero-order valence-corrected chi connectivity index (χ0v) is 18.7. The third kappa shape index (κ3) is 5.38. The van der Waals surface area contributed by atoms with E-state index in [1.807, 2.05) is 66.5 Å². The molecule has 32 heavy (non-hydrogen) atoms. The first-order valence-corrected chi connectivity index (χ1v) is 11.0. The lowest BCUT2D eigenvalue weighted by Gasteiger charge is -2.25. The Kier molecular flexibility index (Phi) is 6.90. The van der Waals surface area contributed by atoms with Crippen LogP contribution in [0.1, 0.15) is 30.5 Å². The maximum Gasteiger partial charge on any atom is 0.225 e. The molecule has 4 rings (SSSR count). The van der Waals surface area contributed by atoms with Crippen LogP contribution >= 0.6 is 0 Å². The van der Waals surface area contributed by atoms with Gasteiger partial charge in [0.25, 0.3) is 0 Å². The Bertz CT molecular complexity index is 1070. The Morgan fingerprint density at radius 1 is 1.03 bits per heavy atom. The lowest BCUT2D eigenvalue weighted by atomic mass is 10.0. The molecule has 1 aliphatic carbocycles. The van der Waals surface area contributed by atoms with Gasteiger partial charge in [-0.25, -0.2) is 9.97 Å². The largest absolute Gasteiger partial charge is 0.347 e. The van der Waals surface area contributed by atoms with E-state index in [1.165, 1.54) is 0 Å². The lowest BCUT2D eigenvalue weighted by Crippen LogP contribution is -2.32. The Morgan fingerprint density at radius 2 is 1.84 bits per heavy atom. The summed E-state index contributed by atoms with van der Waals surface area (Å²) in [5, 5.41) is 0. The highest BCUT2D eigenvalue weighted by molar-refractivity contribution is 5.77. The second-order valence-electron chi connectivity index (χ2n) is 8.34. The van der Waals surface area contributed by atoms with Gasteiger partial charge in [0, 0.05) is 45.0 Å². The zero-order valence-electron chi connectivity index (χ0n) is 18.7. The summed E-state index contributed by atoms with van der Waals surface area (Å²) in [5.74, 6) is 1.08. The number of carbonyl (C=O) groups is 1. The van der Waals surface area contributed by atoms with Gasteiger partial charge in [-0.15, -0.1) is 0 Å². The molecule has 0 radical (unpaired) electrons. The van der Waals surface area contributed by atoms with Gasteiger partial charge in [-0.2, -0.15) is 0 Å². The Hall–Kier alpha value is -3.54. The molecule has 2 heterocycles. The van der Waals surface area contributed by atoms with E-state index >= 15 is 0 Å². The molecule has 1 unspecified atom stereocenters. The van der Waals surface area contributed by atoms with E-state index in [-0.39, 0.29) is 5.91 Å². The Morgan fingerprint density at radius 3 is 2.53 bits per heavy atom. The Balaban J connectivity index is 1.67. The van der Waals surface area contributed by atoms with E-state index in [0.717, 1.165) is 35.4 Å². The minimum atomic E-state index is 0.141. The molecular formula is C26H29N5O. The van der Waals surface area contributed by atoms with E-state index < -0.39 is 0 Å². The molecule has 1 aliphatic rings. The van der Waals surface area contributed by atoms with Crippen LogP contribution in [0.4, 0.5) is 5.95 Å². The first kappa shape index (κ1) is 21.7. The van der Waals surface area contributed by atoms with E-state index in [1.54, 1.807) is 6.20 Å². The van der Waals surface area contributed by atoms with Gasteiger partial charge in [0.2, 0.25) is 11.9 Å². The van der Waals surface area contributed by atoms with Crippen LogP contribution in [-0.4, -0.2) is 39.9 Å². The number of rotatable bonds is 8. The lowest BCUT2D eigenvalue weighted by molar-refractivity contribution is -0.133. The molecule has 0 saturated heterocycles. The van der Waals surface area contributed by atoms with Gasteiger partial charge in [0.1, 0.15) is 0 Å². The molecule has 0 bridgehead atoms. The smallest absolute Gasteiger partial charge is 0.225 e. The summed E-state index contributed by atoms with van der Waals surface area (Å²) in [4.78, 5) is 31.0. The molecule has 0 N–H and O–H groups in total. The van der Waals surface area contributed by atoms with Gasteiger partial charge in [-0.1, -0.05) is 48.6 Å². The van der Waals surface area contributed by atoms with Crippen molar-refractivity contribution in [3.63, 3.8) is 0 Å². The van der Waals surface area contributed by atoms with Crippen molar-refractivity contribution in [1.29, 1.82) is 0 Å². The number of pyridine rings is 1. The van der Waals surface area contributed by atoms with Crippen molar-refractivity contribution in [2.75, 3.05) is 19.0 Å². The van der Waals surface area contributed by atoms with Crippen LogP contribution in [-0.2, 0) is 17.9 Å². The van der Waals surface area contributed by atoms with E-state index in [4.69, 9.17) is 4.98 Å². The number of allylic oxidation sites excluding steroid dienone is 2. The average molecular weight is 428 g/mol. The summed E-state index contributed by atoms with van der Waals surface area (Å²) >= 11 is 0. The molecule has 164 valence electrons. The van der Waals surface area contributed by atoms with Crippen LogP contribution < -0.4 is 4.90 Å². The fourth-order valence-electron chi connectivity index (χ4n) is 3.91. The number of aromatic nitrogens is 3. The third-order valence-corrected chi connectivity index (χ3v) is 5.65. The summed E-state index contributed by atoms with van der Waals surface area (Å²) in [6.07, 6.45) is 10.5. The number of amides is 1. The number of anilines is 1. The quantitative estimate of drug-likeness (QED) is 0.496. The molecule has 1 atom stereocenters. The first-order chi connectivity index (χ1) is 15.6. The van der Waals surface area contributed by atoms with Gasteiger partial charge in [-0.3, -0.25) is 9.78 Å².